The van der Waals surface area contributed by atoms with Gasteiger partial charge in [0, 0.05) is 43.4 Å². The Kier molecular flexibility index (Phi) is 10.4. The van der Waals surface area contributed by atoms with Crippen LogP contribution in [0.3, 0.4) is 0 Å². The van der Waals surface area contributed by atoms with Crippen LogP contribution in [0.4, 0.5) is 0 Å². The molecule has 1 aromatic carbocycles. The Bertz CT molecular complexity index is 971. The molecule has 2 rings (SSSR count). The van der Waals surface area contributed by atoms with Gasteiger partial charge >= 0.3 is 0 Å². The topological polar surface area (TPSA) is 117 Å². The van der Waals surface area contributed by atoms with Crippen LogP contribution in [0.5, 0.6) is 0 Å². The predicted molar refractivity (Wildman–Crippen MR) is 136 cm³/mol. The maximum atomic E-state index is 12.0. The van der Waals surface area contributed by atoms with E-state index >= 15 is 0 Å². The van der Waals surface area contributed by atoms with Crippen molar-refractivity contribution >= 4 is 20.9 Å². The van der Waals surface area contributed by atoms with Crippen molar-refractivity contribution in [2.75, 3.05) is 20.3 Å². The minimum Gasteiger partial charge on any atom is -0.390 e. The van der Waals surface area contributed by atoms with Crippen molar-refractivity contribution < 1.29 is 18.3 Å². The van der Waals surface area contributed by atoms with Crippen molar-refractivity contribution in [3.05, 3.63) is 35.5 Å². The maximum absolute atomic E-state index is 12.0. The Balaban J connectivity index is 2.13. The fraction of sp³-hybridized carbons (Fsp3) is 0.680. The Morgan fingerprint density at radius 2 is 1.88 bits per heavy atom. The number of benzene rings is 1. The van der Waals surface area contributed by atoms with E-state index in [-0.39, 0.29) is 18.4 Å². The Labute approximate surface area is 199 Å². The fourth-order valence-corrected chi connectivity index (χ4v) is 5.12. The number of fused-ring (bicyclic) bond motifs is 1. The smallest absolute Gasteiger partial charge is 0.214 e. The zero-order chi connectivity index (χ0) is 24.8. The van der Waals surface area contributed by atoms with Gasteiger partial charge in [-0.05, 0) is 74.1 Å². The van der Waals surface area contributed by atoms with Gasteiger partial charge in [-0.3, -0.25) is 0 Å². The maximum Gasteiger partial charge on any atom is 0.214 e. The third-order valence-electron chi connectivity index (χ3n) is 6.76. The summed E-state index contributed by atoms with van der Waals surface area (Å²) >= 11 is 0. The van der Waals surface area contributed by atoms with Crippen LogP contribution < -0.4 is 10.5 Å². The summed E-state index contributed by atoms with van der Waals surface area (Å²) < 4.78 is 31.7. The van der Waals surface area contributed by atoms with Crippen LogP contribution in [0.25, 0.3) is 10.9 Å². The molecule has 0 amide bonds. The molecule has 2 aromatic rings. The molecule has 0 aliphatic rings. The van der Waals surface area contributed by atoms with Crippen LogP contribution in [0.1, 0.15) is 64.5 Å². The Hall–Kier alpha value is -1.45. The lowest BCUT2D eigenvalue weighted by Gasteiger charge is -2.32. The Morgan fingerprint density at radius 1 is 1.18 bits per heavy atom. The number of hydrogen-bond acceptors (Lipinski definition) is 5. The van der Waals surface area contributed by atoms with Gasteiger partial charge < -0.3 is 20.6 Å². The highest BCUT2D eigenvalue weighted by Gasteiger charge is 2.28. The summed E-state index contributed by atoms with van der Waals surface area (Å²) in [7, 11) is -1.71. The number of aryl methyl sites for hydroxylation is 1. The molecule has 0 aliphatic heterocycles. The predicted octanol–water partition coefficient (Wildman–Crippen LogP) is 3.53. The first-order valence-corrected chi connectivity index (χ1v) is 13.5. The lowest BCUT2D eigenvalue weighted by atomic mass is 9.76. The molecular weight excluding hydrogens is 438 g/mol. The van der Waals surface area contributed by atoms with Gasteiger partial charge in [-0.25, -0.2) is 13.1 Å². The number of aliphatic hydroxyl groups is 1. The molecular formula is C25H43N3O4S. The Morgan fingerprint density at radius 3 is 2.48 bits per heavy atom. The van der Waals surface area contributed by atoms with Crippen LogP contribution >= 0.6 is 0 Å². The number of ether oxygens (including phenoxy) is 1. The number of H-pyrrole nitrogens is 1. The summed E-state index contributed by atoms with van der Waals surface area (Å²) in [6.45, 7) is 10.4. The van der Waals surface area contributed by atoms with E-state index in [1.165, 1.54) is 16.5 Å². The van der Waals surface area contributed by atoms with Gasteiger partial charge in [-0.15, -0.1) is 0 Å². The number of aliphatic hydroxyl groups excluding tert-OH is 1. The summed E-state index contributed by atoms with van der Waals surface area (Å²) in [4.78, 5) is 3.36. The fourth-order valence-electron chi connectivity index (χ4n) is 4.38. The molecule has 0 aliphatic carbocycles. The van der Waals surface area contributed by atoms with Crippen molar-refractivity contribution in [2.45, 2.75) is 77.2 Å². The average Bonchev–Trinajstić information content (AvgIpc) is 3.17. The third kappa shape index (κ3) is 7.52. The summed E-state index contributed by atoms with van der Waals surface area (Å²) in [6.07, 6.45) is 3.69. The van der Waals surface area contributed by atoms with E-state index in [2.05, 4.69) is 54.9 Å². The minimum atomic E-state index is -3.44. The lowest BCUT2D eigenvalue weighted by Crippen LogP contribution is -2.46. The molecule has 0 saturated carbocycles. The molecule has 188 valence electrons. The molecule has 8 heteroatoms. The number of rotatable bonds is 14. The first-order chi connectivity index (χ1) is 15.5. The monoisotopic (exact) mass is 481 g/mol. The van der Waals surface area contributed by atoms with Crippen molar-refractivity contribution in [3.63, 3.8) is 0 Å². The first kappa shape index (κ1) is 27.8. The third-order valence-corrected chi connectivity index (χ3v) is 8.57. The van der Waals surface area contributed by atoms with E-state index in [1.807, 2.05) is 0 Å². The molecule has 33 heavy (non-hydrogen) atoms. The summed E-state index contributed by atoms with van der Waals surface area (Å²) in [6, 6.07) is 6.05. The van der Waals surface area contributed by atoms with Crippen molar-refractivity contribution in [3.8, 4) is 0 Å². The van der Waals surface area contributed by atoms with Crippen LogP contribution in [0.15, 0.2) is 24.4 Å². The summed E-state index contributed by atoms with van der Waals surface area (Å²) in [5.74, 6) is 0.833. The van der Waals surface area contributed by atoms with Gasteiger partial charge in [0.1, 0.15) is 0 Å². The molecule has 0 radical (unpaired) electrons. The molecule has 7 nitrogen and oxygen atoms in total. The van der Waals surface area contributed by atoms with Crippen LogP contribution in [0.2, 0.25) is 0 Å². The zero-order valence-electron chi connectivity index (χ0n) is 21.0. The van der Waals surface area contributed by atoms with E-state index in [1.54, 1.807) is 21.0 Å². The van der Waals surface area contributed by atoms with E-state index in [0.717, 1.165) is 25.0 Å². The number of hydrogen-bond donors (Lipinski definition) is 4. The second kappa shape index (κ2) is 12.3. The normalized spacial score (nSPS) is 16.4. The molecule has 4 unspecified atom stereocenters. The number of aromatic amines is 1. The molecule has 0 bridgehead atoms. The average molecular weight is 482 g/mol. The first-order valence-electron chi connectivity index (χ1n) is 12.0. The van der Waals surface area contributed by atoms with Gasteiger partial charge in [-0.2, -0.15) is 0 Å². The second-order valence-electron chi connectivity index (χ2n) is 9.82. The van der Waals surface area contributed by atoms with E-state index in [4.69, 9.17) is 10.5 Å². The second-order valence-corrected chi connectivity index (χ2v) is 12.1. The van der Waals surface area contributed by atoms with Crippen LogP contribution in [0, 0.1) is 11.8 Å². The minimum absolute atomic E-state index is 0.0684. The molecule has 5 N–H and O–H groups in total. The number of nitrogens with two attached hydrogens (primary N) is 1. The van der Waals surface area contributed by atoms with Gasteiger partial charge in [0.05, 0.1) is 11.4 Å². The van der Waals surface area contributed by atoms with Crippen molar-refractivity contribution in [2.24, 2.45) is 17.6 Å². The van der Waals surface area contributed by atoms with Crippen LogP contribution in [-0.2, 0) is 21.2 Å². The summed E-state index contributed by atoms with van der Waals surface area (Å²) in [5.41, 5.74) is 10.0. The van der Waals surface area contributed by atoms with Crippen molar-refractivity contribution in [1.29, 1.82) is 0 Å². The molecule has 0 spiro atoms. The van der Waals surface area contributed by atoms with E-state index in [9.17, 15) is 13.5 Å². The highest BCUT2D eigenvalue weighted by Crippen LogP contribution is 2.35. The molecule has 1 aromatic heterocycles. The van der Waals surface area contributed by atoms with E-state index in [0.29, 0.717) is 12.3 Å². The number of aromatic nitrogens is 1. The lowest BCUT2D eigenvalue weighted by molar-refractivity contribution is 0.125. The standard InChI is InChI=1S/C25H43N3O4S/c1-16(2)21(13-23(26)25(29)15-28-33(30,31)17(3)4)18(5)19-9-10-24-22(12-19)20(14-27-24)8-7-11-32-6/h9-10,12,14,16-18,21,23,25,27-29H,7-8,11,13,15,26H2,1-6H3. The summed E-state index contributed by atoms with van der Waals surface area (Å²) in [5, 5.41) is 11.2. The highest BCUT2D eigenvalue weighted by atomic mass is 32.2. The molecule has 0 fully saturated rings. The number of nitrogens with one attached hydrogen (secondary N) is 2. The van der Waals surface area contributed by atoms with E-state index < -0.39 is 27.4 Å². The molecule has 0 saturated heterocycles. The molecule has 4 atom stereocenters. The van der Waals surface area contributed by atoms with Gasteiger partial charge in [0.25, 0.3) is 0 Å². The molecule has 1 heterocycles. The zero-order valence-corrected chi connectivity index (χ0v) is 21.8. The number of methoxy groups -OCH3 is 1. The quantitative estimate of drug-likeness (QED) is 0.308. The highest BCUT2D eigenvalue weighted by molar-refractivity contribution is 7.90. The largest absolute Gasteiger partial charge is 0.390 e. The van der Waals surface area contributed by atoms with Crippen molar-refractivity contribution in [1.82, 2.24) is 9.71 Å². The SMILES string of the molecule is COCCCc1c[nH]c2ccc(C(C)C(CC(N)C(O)CNS(=O)(=O)C(C)C)C(C)C)cc12. The van der Waals surface area contributed by atoms with Gasteiger partial charge in [-0.1, -0.05) is 26.8 Å². The van der Waals surface area contributed by atoms with Gasteiger partial charge in [0.2, 0.25) is 10.0 Å². The van der Waals surface area contributed by atoms with Crippen LogP contribution in [-0.4, -0.2) is 56.2 Å². The van der Waals surface area contributed by atoms with Gasteiger partial charge in [0.15, 0.2) is 0 Å². The number of sulfonamides is 1.